The fraction of sp³-hybridized carbons (Fsp3) is 0.286. The summed E-state index contributed by atoms with van der Waals surface area (Å²) in [6, 6.07) is 10.1. The smallest absolute Gasteiger partial charge is 0.241 e. The molecule has 0 saturated carbocycles. The number of nitrogens with zero attached hydrogens (tertiary/aromatic N) is 3. The third kappa shape index (κ3) is 5.70. The van der Waals surface area contributed by atoms with E-state index < -0.39 is 0 Å². The number of anilines is 1. The van der Waals surface area contributed by atoms with Crippen LogP contribution in [0.3, 0.4) is 0 Å². The van der Waals surface area contributed by atoms with Gasteiger partial charge in [-0.05, 0) is 62.3 Å². The van der Waals surface area contributed by atoms with E-state index in [-0.39, 0.29) is 11.8 Å². The predicted molar refractivity (Wildman–Crippen MR) is 123 cm³/mol. The molecule has 1 saturated heterocycles. The number of nitrogens with one attached hydrogen (secondary N) is 1. The molecule has 2 heterocycles. The summed E-state index contributed by atoms with van der Waals surface area (Å²) >= 11 is 24.1. The van der Waals surface area contributed by atoms with Crippen LogP contribution in [-0.4, -0.2) is 34.0 Å². The number of amides is 1. The molecule has 31 heavy (non-hydrogen) atoms. The van der Waals surface area contributed by atoms with Crippen LogP contribution in [-0.2, 0) is 11.3 Å². The summed E-state index contributed by atoms with van der Waals surface area (Å²) in [5.74, 6) is 0.805. The molecule has 0 radical (unpaired) electrons. The molecule has 0 atom stereocenters. The summed E-state index contributed by atoms with van der Waals surface area (Å²) in [5, 5.41) is 8.90. The largest absolute Gasteiger partial charge is 0.338 e. The van der Waals surface area contributed by atoms with Gasteiger partial charge in [-0.15, -0.1) is 0 Å². The normalized spacial score (nSPS) is 15.2. The quantitative estimate of drug-likeness (QED) is 0.452. The lowest BCUT2D eigenvalue weighted by Gasteiger charge is -2.30. The molecule has 4 rings (SSSR count). The highest BCUT2D eigenvalue weighted by molar-refractivity contribution is 6.36. The summed E-state index contributed by atoms with van der Waals surface area (Å²) in [7, 11) is 0. The first-order valence-electron chi connectivity index (χ1n) is 9.65. The zero-order valence-electron chi connectivity index (χ0n) is 16.2. The highest BCUT2D eigenvalue weighted by Crippen LogP contribution is 2.29. The van der Waals surface area contributed by atoms with Gasteiger partial charge in [0, 0.05) is 32.2 Å². The van der Waals surface area contributed by atoms with Gasteiger partial charge in [0.1, 0.15) is 0 Å². The predicted octanol–water partition coefficient (Wildman–Crippen LogP) is 6.20. The standard InChI is InChI=1S/C21H18Cl4N4O2/c22-13-1-2-17(18(25)10-13)20-27-19(31-28-20)11-29-5-3-12(4-6-29)21(30)26-16-8-14(23)7-15(24)9-16/h1-2,7-10,12H,3-6,11H2,(H,26,30). The second kappa shape index (κ2) is 9.76. The maximum Gasteiger partial charge on any atom is 0.241 e. The topological polar surface area (TPSA) is 71.3 Å². The van der Waals surface area contributed by atoms with Crippen molar-refractivity contribution in [2.75, 3.05) is 18.4 Å². The van der Waals surface area contributed by atoms with Crippen molar-refractivity contribution in [2.45, 2.75) is 19.4 Å². The molecule has 0 bridgehead atoms. The van der Waals surface area contributed by atoms with Crippen LogP contribution in [0, 0.1) is 5.92 Å². The van der Waals surface area contributed by atoms with E-state index in [4.69, 9.17) is 50.9 Å². The van der Waals surface area contributed by atoms with E-state index in [1.54, 1.807) is 36.4 Å². The first-order chi connectivity index (χ1) is 14.9. The molecule has 10 heteroatoms. The van der Waals surface area contributed by atoms with Gasteiger partial charge in [-0.1, -0.05) is 51.6 Å². The van der Waals surface area contributed by atoms with E-state index in [0.29, 0.717) is 49.6 Å². The highest BCUT2D eigenvalue weighted by atomic mass is 35.5. The van der Waals surface area contributed by atoms with E-state index >= 15 is 0 Å². The van der Waals surface area contributed by atoms with Crippen molar-refractivity contribution < 1.29 is 9.32 Å². The minimum absolute atomic E-state index is 0.0320. The molecule has 1 amide bonds. The minimum atomic E-state index is -0.0832. The van der Waals surface area contributed by atoms with Gasteiger partial charge >= 0.3 is 0 Å². The maximum absolute atomic E-state index is 12.6. The Morgan fingerprint density at radius 3 is 2.42 bits per heavy atom. The number of aromatic nitrogens is 2. The number of rotatable bonds is 5. The van der Waals surface area contributed by atoms with Crippen LogP contribution in [0.1, 0.15) is 18.7 Å². The molecule has 1 aromatic heterocycles. The van der Waals surface area contributed by atoms with Gasteiger partial charge in [0.05, 0.1) is 11.6 Å². The van der Waals surface area contributed by atoms with E-state index in [0.717, 1.165) is 25.9 Å². The third-order valence-electron chi connectivity index (χ3n) is 5.09. The van der Waals surface area contributed by atoms with Crippen LogP contribution < -0.4 is 5.32 Å². The number of benzene rings is 2. The Morgan fingerprint density at radius 1 is 1.03 bits per heavy atom. The van der Waals surface area contributed by atoms with Crippen molar-refractivity contribution in [1.29, 1.82) is 0 Å². The number of likely N-dealkylation sites (tertiary alicyclic amines) is 1. The summed E-state index contributed by atoms with van der Waals surface area (Å²) in [5.41, 5.74) is 1.27. The monoisotopic (exact) mass is 498 g/mol. The summed E-state index contributed by atoms with van der Waals surface area (Å²) in [6.07, 6.45) is 1.45. The second-order valence-corrected chi connectivity index (χ2v) is 9.05. The van der Waals surface area contributed by atoms with Crippen molar-refractivity contribution in [2.24, 2.45) is 5.92 Å². The van der Waals surface area contributed by atoms with Gasteiger partial charge in [0.15, 0.2) is 0 Å². The lowest BCUT2D eigenvalue weighted by molar-refractivity contribution is -0.121. The number of hydrogen-bond acceptors (Lipinski definition) is 5. The number of carbonyl (C=O) groups is 1. The van der Waals surface area contributed by atoms with Crippen molar-refractivity contribution in [1.82, 2.24) is 15.0 Å². The van der Waals surface area contributed by atoms with Crippen LogP contribution in [0.2, 0.25) is 20.1 Å². The molecule has 1 aliphatic heterocycles. The second-order valence-electron chi connectivity index (χ2n) is 7.33. The van der Waals surface area contributed by atoms with Crippen LogP contribution >= 0.6 is 46.4 Å². The van der Waals surface area contributed by atoms with E-state index in [1.165, 1.54) is 0 Å². The van der Waals surface area contributed by atoms with E-state index in [2.05, 4.69) is 20.4 Å². The third-order valence-corrected chi connectivity index (χ3v) is 6.07. The molecular formula is C21H18Cl4N4O2. The van der Waals surface area contributed by atoms with Crippen molar-refractivity contribution in [3.63, 3.8) is 0 Å². The number of carbonyl (C=O) groups excluding carboxylic acids is 1. The average molecular weight is 500 g/mol. The zero-order valence-corrected chi connectivity index (χ0v) is 19.3. The van der Waals surface area contributed by atoms with Gasteiger partial charge in [-0.3, -0.25) is 9.69 Å². The van der Waals surface area contributed by atoms with Crippen LogP contribution in [0.5, 0.6) is 0 Å². The molecule has 0 aliphatic carbocycles. The fourth-order valence-electron chi connectivity index (χ4n) is 3.51. The van der Waals surface area contributed by atoms with Crippen LogP contribution in [0.4, 0.5) is 5.69 Å². The lowest BCUT2D eigenvalue weighted by atomic mass is 9.96. The van der Waals surface area contributed by atoms with Gasteiger partial charge in [-0.25, -0.2) is 0 Å². The van der Waals surface area contributed by atoms with Gasteiger partial charge < -0.3 is 9.84 Å². The van der Waals surface area contributed by atoms with Crippen LogP contribution in [0.25, 0.3) is 11.4 Å². The average Bonchev–Trinajstić information content (AvgIpc) is 3.15. The Morgan fingerprint density at radius 2 is 1.74 bits per heavy atom. The zero-order chi connectivity index (χ0) is 22.0. The first kappa shape index (κ1) is 22.4. The Hall–Kier alpha value is -1.83. The van der Waals surface area contributed by atoms with Gasteiger partial charge in [0.25, 0.3) is 0 Å². The summed E-state index contributed by atoms with van der Waals surface area (Å²) in [4.78, 5) is 19.2. The molecule has 2 aromatic carbocycles. The van der Waals surface area contributed by atoms with Crippen molar-refractivity contribution in [3.8, 4) is 11.4 Å². The molecule has 162 valence electrons. The number of hydrogen-bond donors (Lipinski definition) is 1. The molecule has 0 unspecified atom stereocenters. The minimum Gasteiger partial charge on any atom is -0.338 e. The molecule has 1 fully saturated rings. The first-order valence-corrected chi connectivity index (χ1v) is 11.2. The van der Waals surface area contributed by atoms with Crippen LogP contribution in [0.15, 0.2) is 40.9 Å². The van der Waals surface area contributed by atoms with E-state index in [9.17, 15) is 4.79 Å². The SMILES string of the molecule is O=C(Nc1cc(Cl)cc(Cl)c1)C1CCN(Cc2nc(-c3ccc(Cl)cc3Cl)no2)CC1. The summed E-state index contributed by atoms with van der Waals surface area (Å²) < 4.78 is 5.38. The molecule has 1 N–H and O–H groups in total. The van der Waals surface area contributed by atoms with Gasteiger partial charge in [-0.2, -0.15) is 4.98 Å². The lowest BCUT2D eigenvalue weighted by Crippen LogP contribution is -2.37. The number of halogens is 4. The van der Waals surface area contributed by atoms with E-state index in [1.807, 2.05) is 0 Å². The maximum atomic E-state index is 12.6. The Labute approximate surface area is 199 Å². The Kier molecular flexibility index (Phi) is 7.04. The molecule has 1 aliphatic rings. The van der Waals surface area contributed by atoms with Gasteiger partial charge in [0.2, 0.25) is 17.6 Å². The molecule has 0 spiro atoms. The molecule has 3 aromatic rings. The summed E-state index contributed by atoms with van der Waals surface area (Å²) in [6.45, 7) is 2.00. The molecule has 6 nitrogen and oxygen atoms in total. The highest BCUT2D eigenvalue weighted by Gasteiger charge is 2.26. The van der Waals surface area contributed by atoms with Crippen molar-refractivity contribution >= 4 is 58.0 Å². The number of piperidine rings is 1. The Bertz CT molecular complexity index is 1080. The Balaban J connectivity index is 1.31. The molecular weight excluding hydrogens is 482 g/mol. The fourth-order valence-corrected chi connectivity index (χ4v) is 4.53. The van der Waals surface area contributed by atoms with Crippen molar-refractivity contribution in [3.05, 3.63) is 62.4 Å².